The fourth-order valence-electron chi connectivity index (χ4n) is 3.68. The second-order valence-electron chi connectivity index (χ2n) is 7.67. The second-order valence-corrected chi connectivity index (χ2v) is 9.58. The smallest absolute Gasteiger partial charge is 0.321 e. The van der Waals surface area contributed by atoms with Crippen LogP contribution in [0.3, 0.4) is 0 Å². The normalized spacial score (nSPS) is 14.7. The fourth-order valence-corrected chi connectivity index (χ4v) is 5.40. The van der Waals surface area contributed by atoms with Gasteiger partial charge in [-0.1, -0.05) is 35.6 Å². The van der Waals surface area contributed by atoms with Crippen molar-refractivity contribution >= 4 is 39.4 Å². The number of para-hydroxylation sites is 1. The molecule has 1 aromatic carbocycles. The summed E-state index contributed by atoms with van der Waals surface area (Å²) >= 11 is 3.02. The molecule has 2 amide bonds. The zero-order chi connectivity index (χ0) is 22.1. The molecule has 164 valence electrons. The van der Waals surface area contributed by atoms with Gasteiger partial charge >= 0.3 is 6.03 Å². The monoisotopic (exact) mass is 466 g/mol. The van der Waals surface area contributed by atoms with Gasteiger partial charge in [0.1, 0.15) is 0 Å². The minimum absolute atomic E-state index is 0.0810. The third kappa shape index (κ3) is 4.29. The number of urea groups is 1. The van der Waals surface area contributed by atoms with E-state index in [1.807, 2.05) is 53.6 Å². The lowest BCUT2D eigenvalue weighted by atomic mass is 10.2. The average molecular weight is 467 g/mol. The summed E-state index contributed by atoms with van der Waals surface area (Å²) in [5.41, 5.74) is 2.44. The molecule has 10 heteroatoms. The standard InChI is InChI=1S/C22H22N6O2S2/c1-15-5-2-3-6-17(15)24-21(30)27-10-8-26(9-11-27)14-16-13-19(29)28-22(23-16)32-20(25-28)18-7-4-12-31-18/h2-7,12-13H,8-11,14H2,1H3,(H,24,30). The van der Waals surface area contributed by atoms with Crippen molar-refractivity contribution in [2.24, 2.45) is 0 Å². The maximum absolute atomic E-state index is 12.6. The summed E-state index contributed by atoms with van der Waals surface area (Å²) in [6, 6.07) is 13.2. The summed E-state index contributed by atoms with van der Waals surface area (Å²) < 4.78 is 1.37. The maximum Gasteiger partial charge on any atom is 0.321 e. The van der Waals surface area contributed by atoms with E-state index >= 15 is 0 Å². The van der Waals surface area contributed by atoms with Crippen molar-refractivity contribution in [2.75, 3.05) is 31.5 Å². The summed E-state index contributed by atoms with van der Waals surface area (Å²) in [6.07, 6.45) is 0. The van der Waals surface area contributed by atoms with Crippen LogP contribution in [0.25, 0.3) is 14.8 Å². The van der Waals surface area contributed by atoms with Crippen molar-refractivity contribution in [3.05, 3.63) is 69.5 Å². The molecule has 0 bridgehead atoms. The van der Waals surface area contributed by atoms with E-state index in [2.05, 4.69) is 20.3 Å². The minimum Gasteiger partial charge on any atom is -0.322 e. The Morgan fingerprint density at radius 2 is 1.94 bits per heavy atom. The number of hydrogen-bond donors (Lipinski definition) is 1. The average Bonchev–Trinajstić information content (AvgIpc) is 3.46. The lowest BCUT2D eigenvalue weighted by Gasteiger charge is -2.34. The first kappa shape index (κ1) is 20.8. The molecule has 0 aliphatic carbocycles. The highest BCUT2D eigenvalue weighted by Gasteiger charge is 2.22. The van der Waals surface area contributed by atoms with E-state index in [1.165, 1.54) is 15.9 Å². The van der Waals surface area contributed by atoms with Gasteiger partial charge in [0.25, 0.3) is 5.56 Å². The third-order valence-electron chi connectivity index (χ3n) is 5.46. The Hall–Kier alpha value is -3.08. The molecule has 0 unspecified atom stereocenters. The van der Waals surface area contributed by atoms with Gasteiger partial charge in [0.15, 0.2) is 5.01 Å². The van der Waals surface area contributed by atoms with E-state index in [1.54, 1.807) is 17.4 Å². The fraction of sp³-hybridized carbons (Fsp3) is 0.273. The number of amides is 2. The molecule has 1 aliphatic rings. The molecule has 1 N–H and O–H groups in total. The number of nitrogens with zero attached hydrogens (tertiary/aromatic N) is 5. The number of rotatable bonds is 4. The second kappa shape index (κ2) is 8.81. The number of nitrogens with one attached hydrogen (secondary N) is 1. The molecule has 1 aliphatic heterocycles. The van der Waals surface area contributed by atoms with Gasteiger partial charge in [-0.25, -0.2) is 9.78 Å². The molecule has 1 fully saturated rings. The first-order valence-corrected chi connectivity index (χ1v) is 12.0. The Labute approximate surface area is 192 Å². The molecular weight excluding hydrogens is 444 g/mol. The van der Waals surface area contributed by atoms with Crippen molar-refractivity contribution in [3.63, 3.8) is 0 Å². The number of carbonyl (C=O) groups excluding carboxylic acids is 1. The van der Waals surface area contributed by atoms with E-state index < -0.39 is 0 Å². The number of aromatic nitrogens is 3. The molecule has 0 radical (unpaired) electrons. The van der Waals surface area contributed by atoms with Gasteiger partial charge in [0.2, 0.25) is 4.96 Å². The van der Waals surface area contributed by atoms with Crippen LogP contribution < -0.4 is 10.9 Å². The van der Waals surface area contributed by atoms with E-state index in [0.29, 0.717) is 24.6 Å². The topological polar surface area (TPSA) is 82.8 Å². The molecule has 4 aromatic rings. The molecule has 0 spiro atoms. The number of fused-ring (bicyclic) bond motifs is 1. The number of thiophene rings is 1. The first-order chi connectivity index (χ1) is 15.6. The molecule has 4 heterocycles. The number of aryl methyl sites for hydroxylation is 1. The van der Waals surface area contributed by atoms with Gasteiger partial charge in [0, 0.05) is 44.5 Å². The molecule has 0 atom stereocenters. The summed E-state index contributed by atoms with van der Waals surface area (Å²) in [7, 11) is 0. The minimum atomic E-state index is -0.166. The van der Waals surface area contributed by atoms with E-state index in [0.717, 1.165) is 39.9 Å². The molecule has 1 saturated heterocycles. The van der Waals surface area contributed by atoms with E-state index in [-0.39, 0.29) is 11.6 Å². The van der Waals surface area contributed by atoms with Crippen LogP contribution in [-0.4, -0.2) is 56.6 Å². The quantitative estimate of drug-likeness (QED) is 0.498. The van der Waals surface area contributed by atoms with Crippen molar-refractivity contribution in [1.82, 2.24) is 24.4 Å². The summed E-state index contributed by atoms with van der Waals surface area (Å²) in [4.78, 5) is 35.5. The predicted octanol–water partition coefficient (Wildman–Crippen LogP) is 3.54. The van der Waals surface area contributed by atoms with Gasteiger partial charge < -0.3 is 10.2 Å². The molecule has 0 saturated carbocycles. The Bertz CT molecular complexity index is 1310. The van der Waals surface area contributed by atoms with Gasteiger partial charge in [-0.15, -0.1) is 11.3 Å². The Kier molecular flexibility index (Phi) is 5.73. The van der Waals surface area contributed by atoms with Crippen LogP contribution in [0.1, 0.15) is 11.3 Å². The van der Waals surface area contributed by atoms with Crippen LogP contribution in [0.5, 0.6) is 0 Å². The van der Waals surface area contributed by atoms with Crippen LogP contribution in [0, 0.1) is 6.92 Å². The number of piperazine rings is 1. The molecule has 8 nitrogen and oxygen atoms in total. The Balaban J connectivity index is 1.22. The highest BCUT2D eigenvalue weighted by molar-refractivity contribution is 7.23. The zero-order valence-electron chi connectivity index (χ0n) is 17.5. The highest BCUT2D eigenvalue weighted by atomic mass is 32.1. The van der Waals surface area contributed by atoms with Crippen molar-refractivity contribution < 1.29 is 4.79 Å². The number of hydrogen-bond acceptors (Lipinski definition) is 7. The van der Waals surface area contributed by atoms with Crippen LogP contribution in [-0.2, 0) is 6.54 Å². The molecule has 5 rings (SSSR count). The largest absolute Gasteiger partial charge is 0.322 e. The molecule has 32 heavy (non-hydrogen) atoms. The lowest BCUT2D eigenvalue weighted by Crippen LogP contribution is -2.49. The van der Waals surface area contributed by atoms with Crippen LogP contribution in [0.2, 0.25) is 0 Å². The SMILES string of the molecule is Cc1ccccc1NC(=O)N1CCN(Cc2cc(=O)n3nc(-c4cccs4)sc3n2)CC1. The zero-order valence-corrected chi connectivity index (χ0v) is 19.2. The van der Waals surface area contributed by atoms with Crippen LogP contribution >= 0.6 is 22.7 Å². The van der Waals surface area contributed by atoms with E-state index in [4.69, 9.17) is 0 Å². The highest BCUT2D eigenvalue weighted by Crippen LogP contribution is 2.28. The van der Waals surface area contributed by atoms with Crippen molar-refractivity contribution in [3.8, 4) is 9.88 Å². The predicted molar refractivity (Wildman–Crippen MR) is 127 cm³/mol. The van der Waals surface area contributed by atoms with Gasteiger partial charge in [-0.2, -0.15) is 9.61 Å². The Morgan fingerprint density at radius 3 is 2.69 bits per heavy atom. The third-order valence-corrected chi connectivity index (χ3v) is 7.41. The van der Waals surface area contributed by atoms with Gasteiger partial charge in [-0.05, 0) is 30.0 Å². The first-order valence-electron chi connectivity index (χ1n) is 10.3. The van der Waals surface area contributed by atoms with Crippen LogP contribution in [0.15, 0.2) is 52.6 Å². The van der Waals surface area contributed by atoms with Crippen LogP contribution in [0.4, 0.5) is 10.5 Å². The molecular formula is C22H22N6O2S2. The van der Waals surface area contributed by atoms with Crippen molar-refractivity contribution in [2.45, 2.75) is 13.5 Å². The number of benzene rings is 1. The maximum atomic E-state index is 12.6. The van der Waals surface area contributed by atoms with Gasteiger partial charge in [-0.3, -0.25) is 9.69 Å². The summed E-state index contributed by atoms with van der Waals surface area (Å²) in [5.74, 6) is 0. The number of anilines is 1. The summed E-state index contributed by atoms with van der Waals surface area (Å²) in [6.45, 7) is 5.26. The lowest BCUT2D eigenvalue weighted by molar-refractivity contribution is 0.142. The summed E-state index contributed by atoms with van der Waals surface area (Å²) in [5, 5.41) is 10.2. The van der Waals surface area contributed by atoms with E-state index in [9.17, 15) is 9.59 Å². The van der Waals surface area contributed by atoms with Crippen molar-refractivity contribution in [1.29, 1.82) is 0 Å². The molecule has 3 aromatic heterocycles. The number of carbonyl (C=O) groups is 1. The Morgan fingerprint density at radius 1 is 1.12 bits per heavy atom. The van der Waals surface area contributed by atoms with Gasteiger partial charge in [0.05, 0.1) is 10.6 Å².